The highest BCUT2D eigenvalue weighted by Crippen LogP contribution is 2.22. The normalized spacial score (nSPS) is 15.3. The molecular weight excluding hydrogens is 419 g/mol. The molecule has 9 heteroatoms. The Labute approximate surface area is 173 Å². The minimum atomic E-state index is -3.72. The van der Waals surface area contributed by atoms with Crippen molar-refractivity contribution in [2.24, 2.45) is 0 Å². The summed E-state index contributed by atoms with van der Waals surface area (Å²) in [6, 6.07) is 10.0. The Morgan fingerprint density at radius 3 is 2.21 bits per heavy atom. The summed E-state index contributed by atoms with van der Waals surface area (Å²) in [5.74, 6) is -0.989. The lowest BCUT2D eigenvalue weighted by molar-refractivity contribution is -0.131. The fraction of sp³-hybridized carbons (Fsp3) is 0.300. The molecule has 0 atom stereocenters. The maximum absolute atomic E-state index is 13.9. The first kappa shape index (κ1) is 21.4. The Kier molecular flexibility index (Phi) is 6.36. The molecule has 0 bridgehead atoms. The third-order valence-electron chi connectivity index (χ3n) is 4.88. The Morgan fingerprint density at radius 1 is 1.03 bits per heavy atom. The van der Waals surface area contributed by atoms with Gasteiger partial charge in [0.25, 0.3) is 0 Å². The first-order chi connectivity index (χ1) is 13.7. The molecular formula is C20H20ClFN2O4S. The molecule has 1 saturated heterocycles. The van der Waals surface area contributed by atoms with Crippen LogP contribution in [0.2, 0.25) is 5.02 Å². The molecule has 29 heavy (non-hydrogen) atoms. The Hall–Kier alpha value is -2.29. The summed E-state index contributed by atoms with van der Waals surface area (Å²) in [6.07, 6.45) is -0.176. The van der Waals surface area contributed by atoms with E-state index in [1.54, 1.807) is 0 Å². The van der Waals surface area contributed by atoms with Crippen molar-refractivity contribution in [3.05, 3.63) is 64.4 Å². The second-order valence-electron chi connectivity index (χ2n) is 6.74. The predicted octanol–water partition coefficient (Wildman–Crippen LogP) is 2.76. The molecule has 3 rings (SSSR count). The number of amides is 1. The summed E-state index contributed by atoms with van der Waals surface area (Å²) >= 11 is 5.97. The number of sulfonamides is 1. The third-order valence-corrected chi connectivity index (χ3v) is 7.15. The van der Waals surface area contributed by atoms with Gasteiger partial charge in [0.05, 0.1) is 11.3 Å². The zero-order valence-electron chi connectivity index (χ0n) is 15.8. The van der Waals surface area contributed by atoms with Gasteiger partial charge in [0.1, 0.15) is 5.82 Å². The molecule has 6 nitrogen and oxygen atoms in total. The largest absolute Gasteiger partial charge is 0.340 e. The van der Waals surface area contributed by atoms with Gasteiger partial charge >= 0.3 is 0 Å². The van der Waals surface area contributed by atoms with Crippen molar-refractivity contribution in [3.8, 4) is 0 Å². The molecule has 1 amide bonds. The maximum Gasteiger partial charge on any atom is 0.243 e. The zero-order chi connectivity index (χ0) is 21.2. The van der Waals surface area contributed by atoms with Crippen LogP contribution in [0.4, 0.5) is 4.39 Å². The molecule has 0 spiro atoms. The lowest BCUT2D eigenvalue weighted by Crippen LogP contribution is -2.50. The number of ketones is 1. The Bertz CT molecular complexity index is 1010. The lowest BCUT2D eigenvalue weighted by atomic mass is 10.1. The first-order valence-corrected chi connectivity index (χ1v) is 10.8. The van der Waals surface area contributed by atoms with Gasteiger partial charge in [-0.3, -0.25) is 9.59 Å². The van der Waals surface area contributed by atoms with Gasteiger partial charge in [-0.1, -0.05) is 29.8 Å². The quantitative estimate of drug-likeness (QED) is 0.673. The molecule has 0 N–H and O–H groups in total. The molecule has 2 aromatic rings. The summed E-state index contributed by atoms with van der Waals surface area (Å²) in [6.45, 7) is 2.08. The minimum absolute atomic E-state index is 0.0976. The molecule has 1 aliphatic rings. The van der Waals surface area contributed by atoms with Gasteiger partial charge < -0.3 is 4.90 Å². The number of carbonyl (C=O) groups is 2. The Morgan fingerprint density at radius 2 is 1.66 bits per heavy atom. The van der Waals surface area contributed by atoms with Crippen LogP contribution in [0.1, 0.15) is 22.8 Å². The second kappa shape index (κ2) is 8.61. The SMILES string of the molecule is CC(=O)c1ccc(S(=O)(=O)N2CCN(C(=O)Cc3c(F)cccc3Cl)CC2)cc1. The van der Waals surface area contributed by atoms with Crippen molar-refractivity contribution in [2.45, 2.75) is 18.2 Å². The molecule has 2 aromatic carbocycles. The number of Topliss-reactive ketones (excluding diaryl/α,β-unsaturated/α-hetero) is 1. The van der Waals surface area contributed by atoms with Gasteiger partial charge in [-0.25, -0.2) is 12.8 Å². The van der Waals surface area contributed by atoms with Crippen LogP contribution >= 0.6 is 11.6 Å². The highest BCUT2D eigenvalue weighted by Gasteiger charge is 2.30. The van der Waals surface area contributed by atoms with Crippen LogP contribution in [-0.4, -0.2) is 55.5 Å². The highest BCUT2D eigenvalue weighted by atomic mass is 35.5. The van der Waals surface area contributed by atoms with Gasteiger partial charge in [-0.15, -0.1) is 0 Å². The molecule has 154 valence electrons. The van der Waals surface area contributed by atoms with Crippen molar-refractivity contribution in [1.82, 2.24) is 9.21 Å². The van der Waals surface area contributed by atoms with Crippen LogP contribution in [0.25, 0.3) is 0 Å². The number of halogens is 2. The number of benzene rings is 2. The summed E-state index contributed by atoms with van der Waals surface area (Å²) in [7, 11) is -3.72. The summed E-state index contributed by atoms with van der Waals surface area (Å²) in [4.78, 5) is 25.5. The van der Waals surface area contributed by atoms with Crippen molar-refractivity contribution in [2.75, 3.05) is 26.2 Å². The molecule has 0 unspecified atom stereocenters. The average Bonchev–Trinajstić information content (AvgIpc) is 2.71. The van der Waals surface area contributed by atoms with Gasteiger partial charge in [-0.2, -0.15) is 4.31 Å². The summed E-state index contributed by atoms with van der Waals surface area (Å²) in [5, 5.41) is 0.188. The monoisotopic (exact) mass is 438 g/mol. The van der Waals surface area contributed by atoms with Gasteiger partial charge in [-0.05, 0) is 31.2 Å². The van der Waals surface area contributed by atoms with Crippen LogP contribution in [0.5, 0.6) is 0 Å². The summed E-state index contributed by atoms with van der Waals surface area (Å²) in [5.41, 5.74) is 0.575. The first-order valence-electron chi connectivity index (χ1n) is 9.02. The van der Waals surface area contributed by atoms with Crippen molar-refractivity contribution in [1.29, 1.82) is 0 Å². The predicted molar refractivity (Wildman–Crippen MR) is 107 cm³/mol. The van der Waals surface area contributed by atoms with Crippen LogP contribution in [-0.2, 0) is 21.2 Å². The second-order valence-corrected chi connectivity index (χ2v) is 9.09. The maximum atomic E-state index is 13.9. The number of rotatable bonds is 5. The standard InChI is InChI=1S/C20H20ClFN2O4S/c1-14(25)15-5-7-16(8-6-15)29(27,28)24-11-9-23(10-12-24)20(26)13-17-18(21)3-2-4-19(17)22/h2-8H,9-13H2,1H3. The molecule has 0 radical (unpaired) electrons. The van der Waals surface area contributed by atoms with Crippen LogP contribution in [0.15, 0.2) is 47.4 Å². The van der Waals surface area contributed by atoms with E-state index in [9.17, 15) is 22.4 Å². The number of carbonyl (C=O) groups excluding carboxylic acids is 2. The van der Waals surface area contributed by atoms with E-state index in [1.807, 2.05) is 0 Å². The van der Waals surface area contributed by atoms with Crippen LogP contribution < -0.4 is 0 Å². The molecule has 1 heterocycles. The number of hydrogen-bond donors (Lipinski definition) is 0. The third kappa shape index (κ3) is 4.66. The van der Waals surface area contributed by atoms with E-state index in [-0.39, 0.29) is 59.8 Å². The van der Waals surface area contributed by atoms with Crippen molar-refractivity contribution in [3.63, 3.8) is 0 Å². The number of hydrogen-bond acceptors (Lipinski definition) is 4. The van der Waals surface area contributed by atoms with E-state index in [0.29, 0.717) is 5.56 Å². The van der Waals surface area contributed by atoms with Gasteiger partial charge in [0.2, 0.25) is 15.9 Å². The number of nitrogens with zero attached hydrogens (tertiary/aromatic N) is 2. The van der Waals surface area contributed by atoms with Crippen molar-refractivity contribution < 1.29 is 22.4 Å². The van der Waals surface area contributed by atoms with Crippen LogP contribution in [0, 0.1) is 5.82 Å². The van der Waals surface area contributed by atoms with E-state index in [2.05, 4.69) is 0 Å². The average molecular weight is 439 g/mol. The van der Waals surface area contributed by atoms with E-state index >= 15 is 0 Å². The van der Waals surface area contributed by atoms with E-state index in [1.165, 1.54) is 58.6 Å². The van der Waals surface area contributed by atoms with Crippen molar-refractivity contribution >= 4 is 33.3 Å². The summed E-state index contributed by atoms with van der Waals surface area (Å²) < 4.78 is 40.8. The molecule has 1 aliphatic heterocycles. The van der Waals surface area contributed by atoms with E-state index in [4.69, 9.17) is 11.6 Å². The van der Waals surface area contributed by atoms with Gasteiger partial charge in [0.15, 0.2) is 5.78 Å². The lowest BCUT2D eigenvalue weighted by Gasteiger charge is -2.34. The molecule has 0 saturated carbocycles. The smallest absolute Gasteiger partial charge is 0.243 e. The topological polar surface area (TPSA) is 74.8 Å². The van der Waals surface area contributed by atoms with E-state index in [0.717, 1.165) is 0 Å². The Balaban J connectivity index is 1.65. The molecule has 0 aliphatic carbocycles. The fourth-order valence-electron chi connectivity index (χ4n) is 3.15. The highest BCUT2D eigenvalue weighted by molar-refractivity contribution is 7.89. The number of piperazine rings is 1. The minimum Gasteiger partial charge on any atom is -0.340 e. The van der Waals surface area contributed by atoms with Crippen LogP contribution in [0.3, 0.4) is 0 Å². The fourth-order valence-corrected chi connectivity index (χ4v) is 4.80. The molecule has 0 aromatic heterocycles. The van der Waals surface area contributed by atoms with Gasteiger partial charge in [0, 0.05) is 42.3 Å². The van der Waals surface area contributed by atoms with E-state index < -0.39 is 15.8 Å². The molecule has 1 fully saturated rings. The zero-order valence-corrected chi connectivity index (χ0v) is 17.3.